The molecule has 0 amide bonds. The van der Waals surface area contributed by atoms with E-state index in [4.69, 9.17) is 5.11 Å². The number of alkyl halides is 3. The highest BCUT2D eigenvalue weighted by Gasteiger charge is 2.52. The molecule has 2 aromatic rings. The van der Waals surface area contributed by atoms with Crippen LogP contribution in [0.3, 0.4) is 0 Å². The lowest BCUT2D eigenvalue weighted by Crippen LogP contribution is -2.33. The molecular weight excluding hydrogens is 307 g/mol. The van der Waals surface area contributed by atoms with E-state index >= 15 is 0 Å². The second-order valence-electron chi connectivity index (χ2n) is 5.93. The predicted octanol–water partition coefficient (Wildman–Crippen LogP) is 3.53. The molecule has 0 spiro atoms. The van der Waals surface area contributed by atoms with Crippen LogP contribution in [-0.4, -0.2) is 35.2 Å². The van der Waals surface area contributed by atoms with Gasteiger partial charge in [-0.25, -0.2) is 0 Å². The van der Waals surface area contributed by atoms with E-state index in [0.29, 0.717) is 6.54 Å². The van der Waals surface area contributed by atoms with Gasteiger partial charge in [0, 0.05) is 19.6 Å². The molecule has 3 nitrogen and oxygen atoms in total. The number of halogens is 3. The summed E-state index contributed by atoms with van der Waals surface area (Å²) < 4.78 is 39.1. The molecule has 23 heavy (non-hydrogen) atoms. The van der Waals surface area contributed by atoms with Gasteiger partial charge >= 0.3 is 12.1 Å². The van der Waals surface area contributed by atoms with Gasteiger partial charge in [-0.2, -0.15) is 13.2 Å². The molecule has 0 saturated carbocycles. The lowest BCUT2D eigenvalue weighted by Gasteiger charge is -2.19. The monoisotopic (exact) mass is 323 g/mol. The third-order valence-corrected chi connectivity index (χ3v) is 4.41. The first-order valence-electron chi connectivity index (χ1n) is 7.35. The van der Waals surface area contributed by atoms with Gasteiger partial charge in [0.15, 0.2) is 0 Å². The van der Waals surface area contributed by atoms with E-state index in [1.807, 2.05) is 42.5 Å². The van der Waals surface area contributed by atoms with E-state index in [0.717, 1.165) is 16.3 Å². The largest absolute Gasteiger partial charge is 0.481 e. The molecule has 0 radical (unpaired) electrons. The summed E-state index contributed by atoms with van der Waals surface area (Å²) in [7, 11) is 0. The summed E-state index contributed by atoms with van der Waals surface area (Å²) in [6.45, 7) is -0.0376. The molecule has 6 heteroatoms. The maximum atomic E-state index is 13.0. The third-order valence-electron chi connectivity index (χ3n) is 4.41. The minimum Gasteiger partial charge on any atom is -0.481 e. The number of nitrogens with zero attached hydrogens (tertiary/aromatic N) is 1. The van der Waals surface area contributed by atoms with E-state index in [1.165, 1.54) is 0 Å². The summed E-state index contributed by atoms with van der Waals surface area (Å²) in [6.07, 6.45) is -4.49. The Hall–Kier alpha value is -2.08. The number of carbonyl (C=O) groups is 1. The van der Waals surface area contributed by atoms with Crippen LogP contribution >= 0.6 is 0 Å². The topological polar surface area (TPSA) is 40.5 Å². The molecule has 2 atom stereocenters. The number of hydrogen-bond donors (Lipinski definition) is 1. The zero-order chi connectivity index (χ0) is 16.6. The zero-order valence-corrected chi connectivity index (χ0v) is 12.3. The van der Waals surface area contributed by atoms with Gasteiger partial charge in [0.05, 0.1) is 11.8 Å². The second kappa shape index (κ2) is 5.85. The summed E-state index contributed by atoms with van der Waals surface area (Å²) in [5.41, 5.74) is 0.912. The van der Waals surface area contributed by atoms with Crippen molar-refractivity contribution in [1.29, 1.82) is 0 Å². The van der Waals surface area contributed by atoms with Crippen LogP contribution in [0.2, 0.25) is 0 Å². The van der Waals surface area contributed by atoms with Crippen LogP contribution in [0.15, 0.2) is 42.5 Å². The highest BCUT2D eigenvalue weighted by atomic mass is 19.4. The van der Waals surface area contributed by atoms with Gasteiger partial charge in [-0.05, 0) is 16.3 Å². The first kappa shape index (κ1) is 15.8. The van der Waals surface area contributed by atoms with E-state index in [-0.39, 0.29) is 13.1 Å². The minimum atomic E-state index is -4.49. The van der Waals surface area contributed by atoms with Crippen LogP contribution in [0.4, 0.5) is 13.2 Å². The summed E-state index contributed by atoms with van der Waals surface area (Å²) >= 11 is 0. The van der Waals surface area contributed by atoms with Gasteiger partial charge in [-0.15, -0.1) is 0 Å². The number of likely N-dealkylation sites (tertiary alicyclic amines) is 1. The van der Waals surface area contributed by atoms with Crippen LogP contribution < -0.4 is 0 Å². The van der Waals surface area contributed by atoms with E-state index in [9.17, 15) is 18.0 Å². The quantitative estimate of drug-likeness (QED) is 0.939. The Labute approximate surface area is 131 Å². The Bertz CT molecular complexity index is 724. The van der Waals surface area contributed by atoms with E-state index in [1.54, 1.807) is 4.90 Å². The third kappa shape index (κ3) is 3.17. The summed E-state index contributed by atoms with van der Waals surface area (Å²) in [6, 6.07) is 13.3. The van der Waals surface area contributed by atoms with Gasteiger partial charge in [0.25, 0.3) is 0 Å². The van der Waals surface area contributed by atoms with Gasteiger partial charge < -0.3 is 5.11 Å². The molecule has 0 aliphatic carbocycles. The number of carboxylic acids is 1. The standard InChI is InChI=1S/C17H16F3NO2/c18-17(19,20)15-10-21(9-14(15)16(22)23)8-12-6-3-5-11-4-1-2-7-13(11)12/h1-7,14-15H,8-10H2,(H,22,23)/t14-,15-/m1/s1. The Morgan fingerprint density at radius 1 is 1.13 bits per heavy atom. The van der Waals surface area contributed by atoms with Crippen molar-refractivity contribution < 1.29 is 23.1 Å². The van der Waals surface area contributed by atoms with Gasteiger partial charge in [0.1, 0.15) is 0 Å². The van der Waals surface area contributed by atoms with E-state index < -0.39 is 24.0 Å². The maximum Gasteiger partial charge on any atom is 0.393 e. The highest BCUT2D eigenvalue weighted by molar-refractivity contribution is 5.85. The Balaban J connectivity index is 1.84. The zero-order valence-electron chi connectivity index (χ0n) is 12.3. The number of aliphatic carboxylic acids is 1. The maximum absolute atomic E-state index is 13.0. The first-order valence-corrected chi connectivity index (χ1v) is 7.35. The van der Waals surface area contributed by atoms with Crippen molar-refractivity contribution in [2.75, 3.05) is 13.1 Å². The van der Waals surface area contributed by atoms with Crippen molar-refractivity contribution >= 4 is 16.7 Å². The van der Waals surface area contributed by atoms with Gasteiger partial charge in [-0.1, -0.05) is 42.5 Å². The SMILES string of the molecule is O=C(O)[C@@H]1CN(Cc2cccc3ccccc23)C[C@H]1C(F)(F)F. The normalized spacial score (nSPS) is 22.6. The molecule has 1 saturated heterocycles. The number of benzene rings is 2. The molecule has 1 aliphatic rings. The van der Waals surface area contributed by atoms with Crippen LogP contribution in [0.5, 0.6) is 0 Å². The van der Waals surface area contributed by atoms with Crippen molar-refractivity contribution in [3.8, 4) is 0 Å². The summed E-state index contributed by atoms with van der Waals surface area (Å²) in [5.74, 6) is -4.59. The van der Waals surface area contributed by atoms with Gasteiger partial charge in [-0.3, -0.25) is 9.69 Å². The van der Waals surface area contributed by atoms with Crippen LogP contribution in [0.25, 0.3) is 10.8 Å². The fraction of sp³-hybridized carbons (Fsp3) is 0.353. The molecule has 122 valence electrons. The van der Waals surface area contributed by atoms with Gasteiger partial charge in [0.2, 0.25) is 0 Å². The lowest BCUT2D eigenvalue weighted by atomic mass is 9.96. The van der Waals surface area contributed by atoms with Crippen molar-refractivity contribution in [2.24, 2.45) is 11.8 Å². The first-order chi connectivity index (χ1) is 10.9. The van der Waals surface area contributed by atoms with Crippen LogP contribution in [-0.2, 0) is 11.3 Å². The molecule has 1 aliphatic heterocycles. The number of carboxylic acid groups (broad SMARTS) is 1. The van der Waals surface area contributed by atoms with Crippen molar-refractivity contribution in [3.63, 3.8) is 0 Å². The van der Waals surface area contributed by atoms with Crippen LogP contribution in [0, 0.1) is 11.8 Å². The van der Waals surface area contributed by atoms with Crippen molar-refractivity contribution in [2.45, 2.75) is 12.7 Å². The molecular formula is C17H16F3NO2. The van der Waals surface area contributed by atoms with Crippen molar-refractivity contribution in [1.82, 2.24) is 4.90 Å². The lowest BCUT2D eigenvalue weighted by molar-refractivity contribution is -0.188. The average Bonchev–Trinajstić information content (AvgIpc) is 2.92. The predicted molar refractivity (Wildman–Crippen MR) is 79.9 cm³/mol. The number of fused-ring (bicyclic) bond motifs is 1. The minimum absolute atomic E-state index is 0.0806. The van der Waals surface area contributed by atoms with E-state index in [2.05, 4.69) is 0 Å². The summed E-state index contributed by atoms with van der Waals surface area (Å²) in [4.78, 5) is 12.7. The number of rotatable bonds is 3. The average molecular weight is 323 g/mol. The molecule has 1 N–H and O–H groups in total. The smallest absolute Gasteiger partial charge is 0.393 e. The van der Waals surface area contributed by atoms with Crippen LogP contribution in [0.1, 0.15) is 5.56 Å². The van der Waals surface area contributed by atoms with Crippen molar-refractivity contribution in [3.05, 3.63) is 48.0 Å². The molecule has 0 aromatic heterocycles. The molecule has 3 rings (SSSR count). The molecule has 0 unspecified atom stereocenters. The molecule has 0 bridgehead atoms. The Kier molecular flexibility index (Phi) is 4.02. The Morgan fingerprint density at radius 3 is 2.48 bits per heavy atom. The molecule has 2 aromatic carbocycles. The second-order valence-corrected chi connectivity index (χ2v) is 5.93. The fourth-order valence-electron chi connectivity index (χ4n) is 3.27. The fourth-order valence-corrected chi connectivity index (χ4v) is 3.27. The highest BCUT2D eigenvalue weighted by Crippen LogP contribution is 2.38. The molecule has 1 heterocycles. The number of hydrogen-bond acceptors (Lipinski definition) is 2. The Morgan fingerprint density at radius 2 is 1.83 bits per heavy atom. The molecule has 1 fully saturated rings. The summed E-state index contributed by atoms with van der Waals surface area (Å²) in [5, 5.41) is 11.1.